The lowest BCUT2D eigenvalue weighted by Crippen LogP contribution is -2.04. The lowest BCUT2D eigenvalue weighted by Gasteiger charge is -2.07. The first-order valence-electron chi connectivity index (χ1n) is 4.93. The summed E-state index contributed by atoms with van der Waals surface area (Å²) in [7, 11) is 0. The molecule has 0 aliphatic rings. The third-order valence-corrected chi connectivity index (χ3v) is 3.76. The summed E-state index contributed by atoms with van der Waals surface area (Å²) in [4.78, 5) is 9.95. The number of hydrogen-bond donors (Lipinski definition) is 1. The number of anilines is 1. The molecule has 3 nitrogen and oxygen atoms in total. The van der Waals surface area contributed by atoms with Crippen LogP contribution in [-0.2, 0) is 6.54 Å². The number of aryl methyl sites for hydroxylation is 2. The van der Waals surface area contributed by atoms with Crippen LogP contribution in [0.5, 0.6) is 0 Å². The molecular formula is C11H12BrN3S. The van der Waals surface area contributed by atoms with Crippen LogP contribution >= 0.6 is 27.3 Å². The molecule has 0 unspecified atom stereocenters. The average molecular weight is 298 g/mol. The van der Waals surface area contributed by atoms with Crippen molar-refractivity contribution in [3.63, 3.8) is 0 Å². The van der Waals surface area contributed by atoms with Crippen LogP contribution in [0.1, 0.15) is 16.3 Å². The third-order valence-electron chi connectivity index (χ3n) is 2.13. The van der Waals surface area contributed by atoms with E-state index in [0.29, 0.717) is 0 Å². The van der Waals surface area contributed by atoms with E-state index >= 15 is 0 Å². The summed E-state index contributed by atoms with van der Waals surface area (Å²) < 4.78 is 1.15. The molecule has 16 heavy (non-hydrogen) atoms. The van der Waals surface area contributed by atoms with Gasteiger partial charge in [0, 0.05) is 11.1 Å². The highest BCUT2D eigenvalue weighted by Gasteiger charge is 2.02. The van der Waals surface area contributed by atoms with Gasteiger partial charge in [-0.1, -0.05) is 0 Å². The Kier molecular flexibility index (Phi) is 3.56. The zero-order valence-corrected chi connectivity index (χ0v) is 11.5. The molecule has 0 spiro atoms. The van der Waals surface area contributed by atoms with Crippen molar-refractivity contribution in [2.45, 2.75) is 20.4 Å². The molecule has 0 aliphatic carbocycles. The number of hydrogen-bond acceptors (Lipinski definition) is 4. The van der Waals surface area contributed by atoms with E-state index < -0.39 is 0 Å². The second-order valence-electron chi connectivity index (χ2n) is 3.50. The first-order valence-corrected chi connectivity index (χ1v) is 6.54. The highest BCUT2D eigenvalue weighted by atomic mass is 79.9. The second-order valence-corrected chi connectivity index (χ2v) is 6.05. The molecule has 2 heterocycles. The van der Waals surface area contributed by atoms with Gasteiger partial charge in [-0.3, -0.25) is 4.98 Å². The van der Waals surface area contributed by atoms with Crippen molar-refractivity contribution in [3.8, 4) is 0 Å². The molecule has 84 valence electrons. The van der Waals surface area contributed by atoms with Crippen LogP contribution in [0.4, 0.5) is 5.82 Å². The van der Waals surface area contributed by atoms with Crippen LogP contribution in [0.25, 0.3) is 0 Å². The Bertz CT molecular complexity index is 496. The molecule has 2 rings (SSSR count). The van der Waals surface area contributed by atoms with Crippen molar-refractivity contribution in [2.75, 3.05) is 5.32 Å². The van der Waals surface area contributed by atoms with E-state index in [0.717, 1.165) is 27.5 Å². The third kappa shape index (κ3) is 2.80. The van der Waals surface area contributed by atoms with Gasteiger partial charge in [0.2, 0.25) is 0 Å². The van der Waals surface area contributed by atoms with E-state index in [1.54, 1.807) is 17.5 Å². The molecule has 0 aromatic carbocycles. The normalized spacial score (nSPS) is 10.4. The molecule has 0 atom stereocenters. The minimum atomic E-state index is 0.787. The van der Waals surface area contributed by atoms with Crippen LogP contribution in [0.15, 0.2) is 22.1 Å². The highest BCUT2D eigenvalue weighted by molar-refractivity contribution is 9.11. The first kappa shape index (κ1) is 11.5. The standard InChI is InChI=1S/C11H12BrN3S/c1-7-5-13-8(2)11(15-7)14-6-9-3-4-10(12)16-9/h3-5H,6H2,1-2H3,(H,14,15). The summed E-state index contributed by atoms with van der Waals surface area (Å²) in [6, 6.07) is 4.15. The smallest absolute Gasteiger partial charge is 0.148 e. The van der Waals surface area contributed by atoms with E-state index in [-0.39, 0.29) is 0 Å². The quantitative estimate of drug-likeness (QED) is 0.942. The van der Waals surface area contributed by atoms with Gasteiger partial charge in [-0.05, 0) is 41.9 Å². The number of aromatic nitrogens is 2. The van der Waals surface area contributed by atoms with Crippen molar-refractivity contribution in [3.05, 3.63) is 38.4 Å². The Morgan fingerprint density at radius 1 is 1.38 bits per heavy atom. The largest absolute Gasteiger partial charge is 0.364 e. The Morgan fingerprint density at radius 3 is 2.88 bits per heavy atom. The fraction of sp³-hybridized carbons (Fsp3) is 0.273. The molecule has 1 N–H and O–H groups in total. The Hall–Kier alpha value is -0.940. The zero-order chi connectivity index (χ0) is 11.5. The molecule has 0 fully saturated rings. The Morgan fingerprint density at radius 2 is 2.19 bits per heavy atom. The van der Waals surface area contributed by atoms with Crippen molar-refractivity contribution in [1.29, 1.82) is 0 Å². The monoisotopic (exact) mass is 297 g/mol. The van der Waals surface area contributed by atoms with Crippen LogP contribution in [-0.4, -0.2) is 9.97 Å². The van der Waals surface area contributed by atoms with Crippen LogP contribution in [0, 0.1) is 13.8 Å². The molecule has 0 bridgehead atoms. The molecule has 5 heteroatoms. The minimum absolute atomic E-state index is 0.787. The van der Waals surface area contributed by atoms with E-state index in [1.165, 1.54) is 4.88 Å². The summed E-state index contributed by atoms with van der Waals surface area (Å²) in [5.74, 6) is 0.865. The van der Waals surface area contributed by atoms with Gasteiger partial charge in [-0.2, -0.15) is 0 Å². The second kappa shape index (κ2) is 4.93. The lowest BCUT2D eigenvalue weighted by atomic mass is 10.4. The first-order chi connectivity index (χ1) is 7.65. The molecular weight excluding hydrogens is 286 g/mol. The Labute approximate surface area is 107 Å². The van der Waals surface area contributed by atoms with Gasteiger partial charge >= 0.3 is 0 Å². The highest BCUT2D eigenvalue weighted by Crippen LogP contribution is 2.22. The van der Waals surface area contributed by atoms with Crippen molar-refractivity contribution in [1.82, 2.24) is 9.97 Å². The van der Waals surface area contributed by atoms with Gasteiger partial charge in [0.25, 0.3) is 0 Å². The van der Waals surface area contributed by atoms with Crippen LogP contribution in [0.2, 0.25) is 0 Å². The summed E-state index contributed by atoms with van der Waals surface area (Å²) in [5.41, 5.74) is 1.86. The van der Waals surface area contributed by atoms with Crippen molar-refractivity contribution < 1.29 is 0 Å². The van der Waals surface area contributed by atoms with Gasteiger partial charge < -0.3 is 5.32 Å². The Balaban J connectivity index is 2.07. The van der Waals surface area contributed by atoms with E-state index in [4.69, 9.17) is 0 Å². The molecule has 2 aromatic rings. The topological polar surface area (TPSA) is 37.8 Å². The number of halogens is 1. The number of thiophene rings is 1. The van der Waals surface area contributed by atoms with Gasteiger partial charge in [-0.15, -0.1) is 11.3 Å². The predicted octanol–water partition coefficient (Wildman–Crippen LogP) is 3.53. The van der Waals surface area contributed by atoms with Crippen molar-refractivity contribution in [2.24, 2.45) is 0 Å². The molecule has 0 saturated carbocycles. The zero-order valence-electron chi connectivity index (χ0n) is 9.12. The summed E-state index contributed by atoms with van der Waals surface area (Å²) in [6.07, 6.45) is 1.78. The summed E-state index contributed by atoms with van der Waals surface area (Å²) >= 11 is 5.17. The van der Waals surface area contributed by atoms with E-state index in [2.05, 4.69) is 43.3 Å². The molecule has 2 aromatic heterocycles. The number of nitrogens with zero attached hydrogens (tertiary/aromatic N) is 2. The van der Waals surface area contributed by atoms with Crippen LogP contribution < -0.4 is 5.32 Å². The van der Waals surface area contributed by atoms with Crippen molar-refractivity contribution >= 4 is 33.1 Å². The lowest BCUT2D eigenvalue weighted by molar-refractivity contribution is 1.03. The fourth-order valence-corrected chi connectivity index (χ4v) is 2.75. The number of rotatable bonds is 3. The van der Waals surface area contributed by atoms with Crippen LogP contribution in [0.3, 0.4) is 0 Å². The van der Waals surface area contributed by atoms with Gasteiger partial charge in [0.05, 0.1) is 21.7 Å². The van der Waals surface area contributed by atoms with E-state index in [9.17, 15) is 0 Å². The van der Waals surface area contributed by atoms with E-state index in [1.807, 2.05) is 13.8 Å². The van der Waals surface area contributed by atoms with Gasteiger partial charge in [-0.25, -0.2) is 4.98 Å². The SMILES string of the molecule is Cc1cnc(C)c(NCc2ccc(Br)s2)n1. The van der Waals surface area contributed by atoms with Gasteiger partial charge in [0.1, 0.15) is 5.82 Å². The minimum Gasteiger partial charge on any atom is -0.364 e. The maximum absolute atomic E-state index is 4.41. The summed E-state index contributed by atoms with van der Waals surface area (Å²) in [5, 5.41) is 3.30. The molecule has 0 radical (unpaired) electrons. The predicted molar refractivity (Wildman–Crippen MR) is 70.9 cm³/mol. The fourth-order valence-electron chi connectivity index (χ4n) is 1.32. The number of nitrogens with one attached hydrogen (secondary N) is 1. The average Bonchev–Trinajstić information content (AvgIpc) is 2.66. The maximum atomic E-state index is 4.41. The summed E-state index contributed by atoms with van der Waals surface area (Å²) in [6.45, 7) is 4.69. The molecule has 0 aliphatic heterocycles. The molecule has 0 amide bonds. The maximum Gasteiger partial charge on any atom is 0.148 e. The van der Waals surface area contributed by atoms with Gasteiger partial charge in [0.15, 0.2) is 0 Å². The molecule has 0 saturated heterocycles.